The van der Waals surface area contributed by atoms with Gasteiger partial charge in [0.2, 0.25) is 5.76 Å². The minimum absolute atomic E-state index is 0.125. The Bertz CT molecular complexity index is 1280. The van der Waals surface area contributed by atoms with Crippen LogP contribution >= 0.6 is 0 Å². The van der Waals surface area contributed by atoms with Gasteiger partial charge < -0.3 is 23.7 Å². The fourth-order valence-electron chi connectivity index (χ4n) is 4.43. The number of rotatable bonds is 7. The van der Waals surface area contributed by atoms with Crippen molar-refractivity contribution in [3.63, 3.8) is 0 Å². The summed E-state index contributed by atoms with van der Waals surface area (Å²) < 4.78 is 17.0. The van der Waals surface area contributed by atoms with Gasteiger partial charge in [0.05, 0.1) is 31.2 Å². The van der Waals surface area contributed by atoms with Crippen LogP contribution in [0, 0.1) is 13.8 Å². The number of amides is 1. The fraction of sp³-hybridized carbons (Fsp3) is 0.385. The van der Waals surface area contributed by atoms with Crippen molar-refractivity contribution in [1.82, 2.24) is 9.80 Å². The van der Waals surface area contributed by atoms with Gasteiger partial charge in [0.1, 0.15) is 5.58 Å². The van der Waals surface area contributed by atoms with Gasteiger partial charge in [-0.1, -0.05) is 6.07 Å². The van der Waals surface area contributed by atoms with E-state index >= 15 is 0 Å². The minimum atomic E-state index is -0.559. The molecule has 1 aromatic heterocycles. The first kappa shape index (κ1) is 22.9. The number of carbonyl (C=O) groups is 1. The smallest absolute Gasteiger partial charge is 0.290 e. The molecule has 1 aliphatic rings. The lowest BCUT2D eigenvalue weighted by Gasteiger charge is -2.26. The molecule has 0 N–H and O–H groups in total. The summed E-state index contributed by atoms with van der Waals surface area (Å²) in [5.41, 5.74) is 3.45. The van der Waals surface area contributed by atoms with Crippen molar-refractivity contribution in [3.8, 4) is 11.5 Å². The number of methoxy groups -OCH3 is 2. The maximum atomic E-state index is 13.7. The van der Waals surface area contributed by atoms with Crippen LogP contribution in [-0.2, 0) is 0 Å². The summed E-state index contributed by atoms with van der Waals surface area (Å²) in [5, 5.41) is 0.491. The number of carbonyl (C=O) groups excluding carboxylic acids is 1. The maximum absolute atomic E-state index is 13.7. The first-order chi connectivity index (χ1) is 15.8. The summed E-state index contributed by atoms with van der Waals surface area (Å²) in [4.78, 5) is 31.0. The molecule has 1 atom stereocenters. The summed E-state index contributed by atoms with van der Waals surface area (Å²) >= 11 is 0. The standard InChI is InChI=1S/C26H30N2O5/c1-15-12-18-20(13-16(15)2)33-25-22(24(18)29)23(28(26(25)30)11-7-10-27(3)4)17-8-9-19(31-5)21(14-17)32-6/h8-9,12-14,23H,7,10-11H2,1-6H3/t23-/m0/s1. The Hall–Kier alpha value is -3.32. The third-order valence-electron chi connectivity index (χ3n) is 6.31. The molecular weight excluding hydrogens is 420 g/mol. The van der Waals surface area contributed by atoms with E-state index in [0.717, 1.165) is 29.7 Å². The number of nitrogens with zero attached hydrogens (tertiary/aromatic N) is 2. The Labute approximate surface area is 193 Å². The molecule has 0 fully saturated rings. The summed E-state index contributed by atoms with van der Waals surface area (Å²) in [5.74, 6) is 0.989. The summed E-state index contributed by atoms with van der Waals surface area (Å²) in [6, 6.07) is 8.62. The fourth-order valence-corrected chi connectivity index (χ4v) is 4.43. The van der Waals surface area contributed by atoms with E-state index in [9.17, 15) is 9.59 Å². The van der Waals surface area contributed by atoms with E-state index in [4.69, 9.17) is 13.9 Å². The lowest BCUT2D eigenvalue weighted by atomic mass is 9.97. The van der Waals surface area contributed by atoms with Crippen LogP contribution in [0.1, 0.15) is 45.3 Å². The molecule has 0 bridgehead atoms. The molecule has 33 heavy (non-hydrogen) atoms. The molecule has 2 heterocycles. The molecule has 0 saturated heterocycles. The van der Waals surface area contributed by atoms with Gasteiger partial charge in [-0.25, -0.2) is 0 Å². The van der Waals surface area contributed by atoms with Crippen molar-refractivity contribution >= 4 is 16.9 Å². The Morgan fingerprint density at radius 1 is 1.00 bits per heavy atom. The monoisotopic (exact) mass is 450 g/mol. The molecule has 174 valence electrons. The average molecular weight is 451 g/mol. The maximum Gasteiger partial charge on any atom is 0.290 e. The molecule has 0 unspecified atom stereocenters. The van der Waals surface area contributed by atoms with Crippen LogP contribution in [0.25, 0.3) is 11.0 Å². The van der Waals surface area contributed by atoms with Crippen molar-refractivity contribution in [2.24, 2.45) is 0 Å². The van der Waals surface area contributed by atoms with Gasteiger partial charge in [-0.05, 0) is 81.9 Å². The predicted molar refractivity (Wildman–Crippen MR) is 128 cm³/mol. The second-order valence-electron chi connectivity index (χ2n) is 8.78. The number of aryl methyl sites for hydroxylation is 2. The first-order valence-corrected chi connectivity index (χ1v) is 11.0. The SMILES string of the molecule is COc1ccc([C@H]2c3c(oc4cc(C)c(C)cc4c3=O)C(=O)N2CCCN(C)C)cc1OC. The largest absolute Gasteiger partial charge is 0.493 e. The molecule has 0 radical (unpaired) electrons. The second kappa shape index (κ2) is 8.90. The second-order valence-corrected chi connectivity index (χ2v) is 8.78. The molecule has 2 aromatic carbocycles. The summed E-state index contributed by atoms with van der Waals surface area (Å²) in [7, 11) is 7.13. The molecule has 4 rings (SSSR count). The summed E-state index contributed by atoms with van der Waals surface area (Å²) in [6.07, 6.45) is 0.766. The summed E-state index contributed by atoms with van der Waals surface area (Å²) in [6.45, 7) is 5.24. The van der Waals surface area contributed by atoms with Crippen LogP contribution in [0.3, 0.4) is 0 Å². The van der Waals surface area contributed by atoms with Gasteiger partial charge in [0.25, 0.3) is 5.91 Å². The van der Waals surface area contributed by atoms with E-state index < -0.39 is 6.04 Å². The Morgan fingerprint density at radius 2 is 1.70 bits per heavy atom. The van der Waals surface area contributed by atoms with E-state index in [0.29, 0.717) is 34.6 Å². The van der Waals surface area contributed by atoms with Gasteiger partial charge >= 0.3 is 0 Å². The zero-order chi connectivity index (χ0) is 23.9. The first-order valence-electron chi connectivity index (χ1n) is 11.0. The third kappa shape index (κ3) is 3.97. The van der Waals surface area contributed by atoms with Crippen molar-refractivity contribution in [2.75, 3.05) is 41.4 Å². The molecule has 0 spiro atoms. The topological polar surface area (TPSA) is 72.2 Å². The van der Waals surface area contributed by atoms with Crippen molar-refractivity contribution in [3.05, 3.63) is 68.6 Å². The van der Waals surface area contributed by atoms with Gasteiger partial charge in [-0.3, -0.25) is 9.59 Å². The number of hydrogen-bond donors (Lipinski definition) is 0. The molecule has 3 aromatic rings. The minimum Gasteiger partial charge on any atom is -0.493 e. The van der Waals surface area contributed by atoms with Gasteiger partial charge in [0.15, 0.2) is 16.9 Å². The highest BCUT2D eigenvalue weighted by atomic mass is 16.5. The van der Waals surface area contributed by atoms with Crippen LogP contribution in [0.2, 0.25) is 0 Å². The van der Waals surface area contributed by atoms with Crippen molar-refractivity contribution in [1.29, 1.82) is 0 Å². The van der Waals surface area contributed by atoms with Crippen LogP contribution in [0.5, 0.6) is 11.5 Å². The number of fused-ring (bicyclic) bond motifs is 2. The highest BCUT2D eigenvalue weighted by Gasteiger charge is 2.42. The number of benzene rings is 2. The van der Waals surface area contributed by atoms with Crippen molar-refractivity contribution < 1.29 is 18.7 Å². The van der Waals surface area contributed by atoms with E-state index in [1.54, 1.807) is 25.2 Å². The van der Waals surface area contributed by atoms with E-state index in [1.807, 2.05) is 52.2 Å². The lowest BCUT2D eigenvalue weighted by Crippen LogP contribution is -2.32. The third-order valence-corrected chi connectivity index (χ3v) is 6.31. The molecule has 0 saturated carbocycles. The quantitative estimate of drug-likeness (QED) is 0.543. The Kier molecular flexibility index (Phi) is 6.17. The van der Waals surface area contributed by atoms with E-state index in [1.165, 1.54) is 0 Å². The average Bonchev–Trinajstić information content (AvgIpc) is 3.06. The molecule has 0 aliphatic carbocycles. The van der Waals surface area contributed by atoms with Crippen LogP contribution in [-0.4, -0.2) is 57.1 Å². The molecule has 7 nitrogen and oxygen atoms in total. The van der Waals surface area contributed by atoms with Crippen LogP contribution in [0.4, 0.5) is 0 Å². The highest BCUT2D eigenvalue weighted by molar-refractivity contribution is 5.99. The zero-order valence-electron chi connectivity index (χ0n) is 20.0. The zero-order valence-corrected chi connectivity index (χ0v) is 20.0. The number of ether oxygens (including phenoxy) is 2. The van der Waals surface area contributed by atoms with Gasteiger partial charge in [-0.2, -0.15) is 0 Å². The van der Waals surface area contributed by atoms with Gasteiger partial charge in [0, 0.05) is 6.54 Å². The molecule has 1 amide bonds. The van der Waals surface area contributed by atoms with E-state index in [-0.39, 0.29) is 17.1 Å². The normalized spacial score (nSPS) is 15.4. The van der Waals surface area contributed by atoms with Crippen LogP contribution in [0.15, 0.2) is 39.5 Å². The van der Waals surface area contributed by atoms with Crippen LogP contribution < -0.4 is 14.9 Å². The Morgan fingerprint density at radius 3 is 2.36 bits per heavy atom. The molecule has 1 aliphatic heterocycles. The lowest BCUT2D eigenvalue weighted by molar-refractivity contribution is 0.0722. The predicted octanol–water partition coefficient (Wildman–Crippen LogP) is 3.92. The van der Waals surface area contributed by atoms with Crippen molar-refractivity contribution in [2.45, 2.75) is 26.3 Å². The van der Waals surface area contributed by atoms with Gasteiger partial charge in [-0.15, -0.1) is 0 Å². The molecular formula is C26H30N2O5. The Balaban J connectivity index is 1.92. The number of hydrogen-bond acceptors (Lipinski definition) is 6. The highest BCUT2D eigenvalue weighted by Crippen LogP contribution is 2.41. The molecule has 7 heteroatoms. The van der Waals surface area contributed by atoms with E-state index in [2.05, 4.69) is 4.90 Å².